The monoisotopic (exact) mass is 266 g/mol. The fraction of sp³-hybridized carbons (Fsp3) is 0.182. The first kappa shape index (κ1) is 13.3. The van der Waals surface area contributed by atoms with Crippen molar-refractivity contribution in [3.8, 4) is 12.1 Å². The van der Waals surface area contributed by atoms with E-state index in [0.29, 0.717) is 10.7 Å². The van der Waals surface area contributed by atoms with Crippen LogP contribution in [0.1, 0.15) is 5.56 Å². The number of hydrogen-bond acceptors (Lipinski definition) is 4. The van der Waals surface area contributed by atoms with E-state index in [2.05, 4.69) is 5.10 Å². The van der Waals surface area contributed by atoms with Crippen molar-refractivity contribution >= 4 is 35.3 Å². The number of nitriles is 2. The van der Waals surface area contributed by atoms with Gasteiger partial charge in [-0.25, -0.2) is 0 Å². The molecule has 86 valence electrons. The third kappa shape index (κ3) is 3.64. The number of hydrogen-bond donors (Lipinski definition) is 0. The van der Waals surface area contributed by atoms with Crippen molar-refractivity contribution in [2.24, 2.45) is 11.0 Å². The largest absolute Gasteiger partial charge is 0.196 e. The van der Waals surface area contributed by atoms with Gasteiger partial charge in [0, 0.05) is 16.8 Å². The van der Waals surface area contributed by atoms with E-state index in [1.165, 1.54) is 6.21 Å². The molecule has 0 unspecified atom stereocenters. The Morgan fingerprint density at radius 2 is 2.06 bits per heavy atom. The van der Waals surface area contributed by atoms with E-state index >= 15 is 0 Å². The van der Waals surface area contributed by atoms with E-state index in [1.54, 1.807) is 30.3 Å². The Bertz CT molecular complexity index is 499. The molecule has 1 rings (SSSR count). The van der Waals surface area contributed by atoms with Crippen LogP contribution in [0.5, 0.6) is 0 Å². The topological polar surface area (TPSA) is 63.2 Å². The van der Waals surface area contributed by atoms with E-state index in [4.69, 9.17) is 33.9 Å². The van der Waals surface area contributed by atoms with Crippen LogP contribution in [0.2, 0.25) is 5.02 Å². The zero-order chi connectivity index (χ0) is 12.8. The maximum atomic E-state index is 8.56. The first-order chi connectivity index (χ1) is 8.08. The lowest BCUT2D eigenvalue weighted by molar-refractivity contribution is 1.11. The van der Waals surface area contributed by atoms with Crippen molar-refractivity contribution in [2.45, 2.75) is 6.92 Å². The summed E-state index contributed by atoms with van der Waals surface area (Å²) in [7, 11) is 0. The van der Waals surface area contributed by atoms with Crippen molar-refractivity contribution in [2.75, 3.05) is 4.53 Å². The number of benzene rings is 1. The first-order valence-corrected chi connectivity index (χ1v) is 5.35. The Balaban J connectivity index is 2.88. The lowest BCUT2D eigenvalue weighted by atomic mass is 10.2. The summed E-state index contributed by atoms with van der Waals surface area (Å²) in [5.74, 6) is -0.913. The average molecular weight is 267 g/mol. The van der Waals surface area contributed by atoms with E-state index < -0.39 is 5.92 Å². The SMILES string of the molecule is Cc1cc(Cl)ccc1N(Cl)N=CC(C#N)C#N. The van der Waals surface area contributed by atoms with Crippen LogP contribution < -0.4 is 4.53 Å². The average Bonchev–Trinajstić information content (AvgIpc) is 2.30. The summed E-state index contributed by atoms with van der Waals surface area (Å²) < 4.78 is 1.08. The van der Waals surface area contributed by atoms with Crippen molar-refractivity contribution in [3.63, 3.8) is 0 Å². The third-order valence-electron chi connectivity index (χ3n) is 1.95. The van der Waals surface area contributed by atoms with E-state index in [1.807, 2.05) is 6.92 Å². The smallest absolute Gasteiger partial charge is 0.170 e. The molecule has 0 amide bonds. The van der Waals surface area contributed by atoms with Crippen molar-refractivity contribution in [3.05, 3.63) is 28.8 Å². The van der Waals surface area contributed by atoms with Gasteiger partial charge < -0.3 is 0 Å². The van der Waals surface area contributed by atoms with Gasteiger partial charge in [0.2, 0.25) is 0 Å². The highest BCUT2D eigenvalue weighted by Crippen LogP contribution is 2.25. The minimum atomic E-state index is -0.913. The fourth-order valence-electron chi connectivity index (χ4n) is 1.11. The molecule has 0 aliphatic rings. The van der Waals surface area contributed by atoms with Gasteiger partial charge in [0.05, 0.1) is 24.0 Å². The Hall–Kier alpha value is -1.75. The second-order valence-corrected chi connectivity index (χ2v) is 3.95. The van der Waals surface area contributed by atoms with E-state index in [0.717, 1.165) is 10.1 Å². The highest BCUT2D eigenvalue weighted by Gasteiger charge is 2.07. The summed E-state index contributed by atoms with van der Waals surface area (Å²) in [4.78, 5) is 0. The van der Waals surface area contributed by atoms with Gasteiger partial charge in [-0.1, -0.05) is 11.6 Å². The third-order valence-corrected chi connectivity index (χ3v) is 2.46. The molecule has 0 bridgehead atoms. The van der Waals surface area contributed by atoms with E-state index in [-0.39, 0.29) is 0 Å². The summed E-state index contributed by atoms with van der Waals surface area (Å²) in [6.07, 6.45) is 1.18. The van der Waals surface area contributed by atoms with Gasteiger partial charge in [-0.15, -0.1) is 0 Å². The molecule has 1 aromatic rings. The highest BCUT2D eigenvalue weighted by molar-refractivity contribution is 6.31. The van der Waals surface area contributed by atoms with E-state index in [9.17, 15) is 0 Å². The second kappa shape index (κ2) is 6.10. The molecule has 0 radical (unpaired) electrons. The van der Waals surface area contributed by atoms with Crippen LogP contribution in [0.3, 0.4) is 0 Å². The van der Waals surface area contributed by atoms with Gasteiger partial charge >= 0.3 is 0 Å². The number of nitrogens with zero attached hydrogens (tertiary/aromatic N) is 4. The maximum absolute atomic E-state index is 8.56. The van der Waals surface area contributed by atoms with Gasteiger partial charge in [0.25, 0.3) is 0 Å². The molecule has 0 N–H and O–H groups in total. The van der Waals surface area contributed by atoms with Gasteiger partial charge in [-0.05, 0) is 30.7 Å². The van der Waals surface area contributed by atoms with Gasteiger partial charge in [0.15, 0.2) is 5.92 Å². The Morgan fingerprint density at radius 3 is 2.59 bits per heavy atom. The van der Waals surface area contributed by atoms with Crippen LogP contribution in [0.4, 0.5) is 5.69 Å². The Labute approximate surface area is 109 Å². The number of hydrazone groups is 1. The summed E-state index contributed by atoms with van der Waals surface area (Å²) in [5, 5.41) is 21.5. The molecule has 0 atom stereocenters. The second-order valence-electron chi connectivity index (χ2n) is 3.19. The molecule has 1 aromatic carbocycles. The molecule has 0 spiro atoms. The van der Waals surface area contributed by atoms with Crippen LogP contribution >= 0.6 is 23.4 Å². The van der Waals surface area contributed by atoms with Crippen molar-refractivity contribution in [1.29, 1.82) is 10.5 Å². The molecule has 0 aliphatic heterocycles. The molecular formula is C11H8Cl2N4. The molecule has 0 saturated heterocycles. The number of rotatable bonds is 3. The number of halogens is 2. The molecule has 0 heterocycles. The summed E-state index contributed by atoms with van der Waals surface area (Å²) in [6.45, 7) is 1.83. The molecule has 17 heavy (non-hydrogen) atoms. The quantitative estimate of drug-likeness (QED) is 0.479. The molecule has 6 heteroatoms. The zero-order valence-electron chi connectivity index (χ0n) is 8.93. The van der Waals surface area contributed by atoms with Crippen molar-refractivity contribution in [1.82, 2.24) is 0 Å². The van der Waals surface area contributed by atoms with Crippen LogP contribution in [0.15, 0.2) is 23.3 Å². The predicted octanol–water partition coefficient (Wildman–Crippen LogP) is 3.26. The number of anilines is 1. The number of aryl methyl sites for hydroxylation is 1. The van der Waals surface area contributed by atoms with Gasteiger partial charge in [-0.2, -0.15) is 20.2 Å². The minimum absolute atomic E-state index is 0.604. The molecule has 0 fully saturated rings. The highest BCUT2D eigenvalue weighted by atomic mass is 35.5. The molecule has 0 aliphatic carbocycles. The normalized spacial score (nSPS) is 10.2. The zero-order valence-corrected chi connectivity index (χ0v) is 10.4. The summed E-state index contributed by atoms with van der Waals surface area (Å²) in [5.41, 5.74) is 1.48. The minimum Gasteiger partial charge on any atom is -0.196 e. The fourth-order valence-corrected chi connectivity index (χ4v) is 1.58. The van der Waals surface area contributed by atoms with Crippen LogP contribution in [-0.4, -0.2) is 6.21 Å². The van der Waals surface area contributed by atoms with Crippen LogP contribution in [0.25, 0.3) is 0 Å². The Morgan fingerprint density at radius 1 is 1.41 bits per heavy atom. The molecule has 4 nitrogen and oxygen atoms in total. The lowest BCUT2D eigenvalue weighted by Gasteiger charge is -2.12. The first-order valence-electron chi connectivity index (χ1n) is 4.64. The predicted molar refractivity (Wildman–Crippen MR) is 67.7 cm³/mol. The molecule has 0 aromatic heterocycles. The van der Waals surface area contributed by atoms with Crippen molar-refractivity contribution < 1.29 is 0 Å². The van der Waals surface area contributed by atoms with Crippen LogP contribution in [0, 0.1) is 35.5 Å². The summed E-state index contributed by atoms with van der Waals surface area (Å²) in [6, 6.07) is 8.66. The molecular weight excluding hydrogens is 259 g/mol. The van der Waals surface area contributed by atoms with Crippen LogP contribution in [-0.2, 0) is 0 Å². The standard InChI is InChI=1S/C11H8Cl2N4/c1-8-4-10(12)2-3-11(8)17(13)16-7-9(5-14)6-15/h2-4,7,9H,1H3. The van der Waals surface area contributed by atoms with Gasteiger partial charge in [-0.3, -0.25) is 0 Å². The maximum Gasteiger partial charge on any atom is 0.170 e. The Kier molecular flexibility index (Phi) is 4.78. The lowest BCUT2D eigenvalue weighted by Crippen LogP contribution is -2.05. The molecule has 0 saturated carbocycles. The van der Waals surface area contributed by atoms with Gasteiger partial charge in [0.1, 0.15) is 0 Å². The summed E-state index contributed by atoms with van der Waals surface area (Å²) >= 11 is 11.7.